The molecule has 36 heteroatoms. The van der Waals surface area contributed by atoms with E-state index in [1.54, 1.807) is 53.3 Å². The van der Waals surface area contributed by atoms with Crippen LogP contribution in [0.5, 0.6) is 5.75 Å². The van der Waals surface area contributed by atoms with E-state index in [-0.39, 0.29) is 113 Å². The Morgan fingerprint density at radius 3 is 1.96 bits per heavy atom. The number of benzene rings is 2. The molecule has 1 saturated carbocycles. The molecule has 0 spiro atoms. The average Bonchev–Trinajstić information content (AvgIpc) is 0.825. The van der Waals surface area contributed by atoms with Crippen molar-refractivity contribution in [1.82, 2.24) is 25.4 Å². The smallest absolute Gasteiger partial charge is 0.329 e. The van der Waals surface area contributed by atoms with E-state index in [9.17, 15) is 52.5 Å². The number of thiocarbonyl (C=S) groups is 1. The summed E-state index contributed by atoms with van der Waals surface area (Å²) in [6.07, 6.45) is 10.9. The quantitative estimate of drug-likeness (QED) is 0.00938. The van der Waals surface area contributed by atoms with Crippen LogP contribution in [0.1, 0.15) is 146 Å². The van der Waals surface area contributed by atoms with E-state index in [1.807, 2.05) is 75.4 Å². The summed E-state index contributed by atoms with van der Waals surface area (Å²) in [5.74, 6) is -9.40. The molecule has 33 nitrogen and oxygen atoms in total. The molecule has 9 N–H and O–H groups in total. The molecule has 2 aromatic carbocycles. The number of nitrogens with zero attached hydrogens (tertiary/aromatic N) is 3. The second kappa shape index (κ2) is 55.8. The second-order valence-electron chi connectivity index (χ2n) is 34.0. The number of esters is 1. The number of halogens is 1. The summed E-state index contributed by atoms with van der Waals surface area (Å²) in [7, 11) is 0.480. The number of carbonyl (C=O) groups is 6. The van der Waals surface area contributed by atoms with Gasteiger partial charge in [0.2, 0.25) is 11.7 Å². The van der Waals surface area contributed by atoms with E-state index < -0.39 is 140 Å². The molecular weight excluding hydrogens is 1730 g/mol. The van der Waals surface area contributed by atoms with Crippen LogP contribution in [-0.2, 0) is 107 Å². The molecular formula is C94H140FN7O26S2. The number of ether oxygens (including phenoxy) is 15. The Balaban J connectivity index is 0.646. The van der Waals surface area contributed by atoms with E-state index in [4.69, 9.17) is 94.7 Å². The van der Waals surface area contributed by atoms with Gasteiger partial charge >= 0.3 is 5.97 Å². The van der Waals surface area contributed by atoms with Crippen molar-refractivity contribution in [3.05, 3.63) is 119 Å². The molecule has 726 valence electrons. The minimum Gasteiger partial charge on any atom is -0.491 e. The highest BCUT2D eigenvalue weighted by Gasteiger charge is 2.53. The lowest BCUT2D eigenvalue weighted by atomic mass is 9.80. The topological polar surface area (TPSA) is 431 Å². The van der Waals surface area contributed by atoms with Crippen molar-refractivity contribution in [1.29, 1.82) is 0 Å². The number of amides is 3. The number of allylic oxidation sites excluding steroid dienone is 5. The Morgan fingerprint density at radius 2 is 1.33 bits per heavy atom. The van der Waals surface area contributed by atoms with Gasteiger partial charge < -0.3 is 118 Å². The monoisotopic (exact) mass is 1870 g/mol. The number of ketones is 2. The van der Waals surface area contributed by atoms with E-state index in [0.717, 1.165) is 28.3 Å². The molecule has 2 saturated heterocycles. The van der Waals surface area contributed by atoms with Crippen LogP contribution in [0.15, 0.2) is 101 Å². The van der Waals surface area contributed by atoms with Crippen LogP contribution in [0.25, 0.3) is 11.1 Å². The standard InChI is InChI=1S/C94H140FN7O26S2/c1-61-16-12-11-13-17-62(2)78(114-8)57-72-23-19-66(6)94(111,128-72)89(107)91(109)102-32-15-14-18-75(102)92(110)126-80(58-79(115-9)63(3)53-65(5)87(105)88(106)86(104)64(4)52-61)74(96)54-68-20-25-77(81(55-68)116-10)127-93(129)99-30-35-118-38-40-120-42-44-122-46-48-124-50-49-123-47-45-121-43-41-119-39-37-117-34-29-84(103)98-31-51-130(112,113)82-27-24-73(67(7)85(82)95)90(108)101-33-36-125-76-26-21-69(56-71(76)60-101)70-22-28-83(97)100-59-70/h11-13,16-17,21-22,24,26-28,53,56,59,61,63-64,66,68,72,74-75,77-81,87-88,105-106,111H,14-15,18-20,23,25,29-52,54-55,57-58,60,96H2,1-10H3,(H2,97,100)(H,98,103)(H,99,129)/b13-11+,16-12+,62-17+,65-53+/t61-,63-,64-,66-,68+,72+,74-,75+,77-,78+,79-,80+,81-,87-,88+,94-/m1/s1. The Kier molecular flexibility index (Phi) is 46.2. The predicted octanol–water partition coefficient (Wildman–Crippen LogP) is 7.80. The molecule has 3 fully saturated rings. The number of sulfone groups is 1. The van der Waals surface area contributed by atoms with Gasteiger partial charge in [0, 0.05) is 113 Å². The molecule has 16 atom stereocenters. The molecule has 130 heavy (non-hydrogen) atoms. The van der Waals surface area contributed by atoms with Gasteiger partial charge in [-0.05, 0) is 168 Å². The molecule has 4 aliphatic heterocycles. The summed E-state index contributed by atoms with van der Waals surface area (Å²) < 4.78 is 130. The zero-order chi connectivity index (χ0) is 94.3. The Hall–Kier alpha value is -7.70. The third-order valence-electron chi connectivity index (χ3n) is 24.3. The summed E-state index contributed by atoms with van der Waals surface area (Å²) >= 11 is 5.60. The van der Waals surface area contributed by atoms with E-state index in [1.165, 1.54) is 29.9 Å². The third-order valence-corrected chi connectivity index (χ3v) is 26.3. The minimum atomic E-state index is -4.19. The molecule has 0 unspecified atom stereocenters. The van der Waals surface area contributed by atoms with Crippen molar-refractivity contribution in [2.24, 2.45) is 35.3 Å². The lowest BCUT2D eigenvalue weighted by molar-refractivity contribution is -0.265. The van der Waals surface area contributed by atoms with Crippen LogP contribution < -0.4 is 26.8 Å². The van der Waals surface area contributed by atoms with Crippen LogP contribution in [0, 0.1) is 42.3 Å². The van der Waals surface area contributed by atoms with Crippen molar-refractivity contribution >= 4 is 68.3 Å². The van der Waals surface area contributed by atoms with Gasteiger partial charge in [0.1, 0.15) is 59.3 Å². The number of anilines is 1. The first-order valence-electron chi connectivity index (χ1n) is 45.4. The normalized spacial score (nSPS) is 27.2. The van der Waals surface area contributed by atoms with Crippen LogP contribution in [-0.4, -0.2) is 311 Å². The number of fused-ring (bicyclic) bond motifs is 4. The number of Topliss-reactive ketones (excluding diaryl/α,β-unsaturated/α-hetero) is 2. The number of aliphatic hydroxyl groups excluding tert-OH is 2. The highest BCUT2D eigenvalue weighted by molar-refractivity contribution is 7.91. The number of hydrogen-bond donors (Lipinski definition) is 7. The van der Waals surface area contributed by atoms with Crippen molar-refractivity contribution in [3.8, 4) is 16.9 Å². The number of pyridine rings is 1. The lowest BCUT2D eigenvalue weighted by Crippen LogP contribution is -2.61. The maximum atomic E-state index is 15.8. The number of nitrogens with one attached hydrogen (secondary N) is 2. The fraction of sp³-hybridized carbons (Fsp3) is 0.660. The van der Waals surface area contributed by atoms with Gasteiger partial charge in [0.15, 0.2) is 15.6 Å². The van der Waals surface area contributed by atoms with Gasteiger partial charge in [0.25, 0.3) is 22.8 Å². The Labute approximate surface area is 770 Å². The van der Waals surface area contributed by atoms with Crippen molar-refractivity contribution in [2.75, 3.05) is 171 Å². The number of hydrogen-bond acceptors (Lipinski definition) is 30. The summed E-state index contributed by atoms with van der Waals surface area (Å²) in [5.41, 5.74) is 16.4. The molecule has 2 bridgehead atoms. The highest BCUT2D eigenvalue weighted by atomic mass is 32.2. The number of rotatable bonds is 40. The second-order valence-corrected chi connectivity index (χ2v) is 36.5. The number of aromatic nitrogens is 1. The molecule has 1 aliphatic carbocycles. The Bertz CT molecular complexity index is 4320. The first kappa shape index (κ1) is 108. The molecule has 8 rings (SSSR count). The summed E-state index contributed by atoms with van der Waals surface area (Å²) in [6, 6.07) is 9.54. The SMILES string of the molecule is CO[C@H]1C[C@@H]2CC[C@@H](C)[C@@](O)(O2)C(=O)C(=O)N2CCCC[C@H]2C(=O)O[C@H]([C@H](N)C[C@@H]2CC[C@@H](OC(=S)NCCOCCOCCOCCOCCOCCOCCOCCOCCC(=O)NCCS(=O)(=O)c3ccc(C(=O)N4CCOc5ccc(-c6ccc(N)nc6)cc5C4)c(C)c3F)[C@H](OC)C2)C[C@@H](OC)[C@H](C)/C=C(\C)[C@@H](O)[C@@H](O)C(=O)[C@H](C)C[C@H](C)/C=C/C=C/C=C/1C. The minimum absolute atomic E-state index is 0.0226. The highest BCUT2D eigenvalue weighted by Crippen LogP contribution is 2.39. The van der Waals surface area contributed by atoms with Gasteiger partial charge in [-0.2, -0.15) is 0 Å². The molecule has 0 radical (unpaired) electrons. The average molecular weight is 1870 g/mol. The number of aliphatic hydroxyl groups is 3. The van der Waals surface area contributed by atoms with Gasteiger partial charge in [-0.15, -0.1) is 0 Å². The maximum absolute atomic E-state index is 15.8. The zero-order valence-corrected chi connectivity index (χ0v) is 78.8. The molecule has 3 aromatic rings. The summed E-state index contributed by atoms with van der Waals surface area (Å²) in [6.45, 7) is 18.0. The van der Waals surface area contributed by atoms with Crippen molar-refractivity contribution < 1.29 is 128 Å². The number of methoxy groups -OCH3 is 3. The van der Waals surface area contributed by atoms with Gasteiger partial charge in [-0.3, -0.25) is 24.0 Å². The number of nitrogens with two attached hydrogens (primary N) is 2. The fourth-order valence-corrected chi connectivity index (χ4v) is 18.1. The molecule has 3 amide bonds. The summed E-state index contributed by atoms with van der Waals surface area (Å²) in [4.78, 5) is 90.1. The molecule has 5 heterocycles. The number of nitrogen functional groups attached to an aromatic ring is 1. The lowest BCUT2D eigenvalue weighted by Gasteiger charge is -2.43. The van der Waals surface area contributed by atoms with Crippen LogP contribution in [0.4, 0.5) is 10.2 Å². The molecule has 5 aliphatic rings. The number of piperidine rings is 1. The van der Waals surface area contributed by atoms with Crippen molar-refractivity contribution in [3.63, 3.8) is 0 Å². The van der Waals surface area contributed by atoms with E-state index in [0.29, 0.717) is 167 Å². The molecule has 1 aromatic heterocycles. The van der Waals surface area contributed by atoms with Crippen LogP contribution >= 0.6 is 12.2 Å². The van der Waals surface area contributed by atoms with E-state index in [2.05, 4.69) is 15.6 Å². The van der Waals surface area contributed by atoms with Crippen LogP contribution in [0.2, 0.25) is 0 Å². The first-order chi connectivity index (χ1) is 62.4. The van der Waals surface area contributed by atoms with Gasteiger partial charge in [-0.1, -0.05) is 70.2 Å². The van der Waals surface area contributed by atoms with Crippen LogP contribution in [0.3, 0.4) is 0 Å². The van der Waals surface area contributed by atoms with Gasteiger partial charge in [0.05, 0.1) is 142 Å². The summed E-state index contributed by atoms with van der Waals surface area (Å²) in [5, 5.41) is 40.7. The third kappa shape index (κ3) is 33.7. The predicted molar refractivity (Wildman–Crippen MR) is 486 cm³/mol. The Morgan fingerprint density at radius 1 is 0.692 bits per heavy atom. The van der Waals surface area contributed by atoms with Gasteiger partial charge in [-0.25, -0.2) is 22.6 Å². The number of carbonyl (C=O) groups excluding carboxylic acids is 6. The number of cyclic esters (lactones) is 1. The zero-order valence-electron chi connectivity index (χ0n) is 77.1. The maximum Gasteiger partial charge on any atom is 0.329 e. The van der Waals surface area contributed by atoms with E-state index >= 15 is 4.39 Å². The van der Waals surface area contributed by atoms with Crippen molar-refractivity contribution in [2.45, 2.75) is 210 Å². The fourth-order valence-electron chi connectivity index (χ4n) is 16.6. The first-order valence-corrected chi connectivity index (χ1v) is 47.5. The largest absolute Gasteiger partial charge is 0.491 e.